The van der Waals surface area contributed by atoms with Crippen LogP contribution in [-0.4, -0.2) is 83.9 Å². The van der Waals surface area contributed by atoms with Gasteiger partial charge in [0.25, 0.3) is 5.91 Å². The van der Waals surface area contributed by atoms with E-state index in [4.69, 9.17) is 9.84 Å². The molecule has 192 valence electrons. The van der Waals surface area contributed by atoms with E-state index in [1.165, 1.54) is 0 Å². The van der Waals surface area contributed by atoms with Gasteiger partial charge < -0.3 is 19.9 Å². The van der Waals surface area contributed by atoms with Crippen LogP contribution in [-0.2, 0) is 9.53 Å². The van der Waals surface area contributed by atoms with E-state index in [2.05, 4.69) is 14.9 Å². The van der Waals surface area contributed by atoms with E-state index < -0.39 is 0 Å². The summed E-state index contributed by atoms with van der Waals surface area (Å²) < 4.78 is 7.65. The Morgan fingerprint density at radius 3 is 2.37 bits per heavy atom. The molecule has 0 radical (unpaired) electrons. The van der Waals surface area contributed by atoms with E-state index >= 15 is 0 Å². The molecule has 2 aliphatic heterocycles. The molecule has 2 aromatic heterocycles. The summed E-state index contributed by atoms with van der Waals surface area (Å²) in [6.07, 6.45) is 8.14. The van der Waals surface area contributed by atoms with Crippen LogP contribution in [0.15, 0.2) is 6.07 Å². The third kappa shape index (κ3) is 5.27. The Bertz CT molecular complexity index is 1040. The van der Waals surface area contributed by atoms with E-state index in [0.29, 0.717) is 12.1 Å². The first-order chi connectivity index (χ1) is 16.9. The predicted molar refractivity (Wildman–Crippen MR) is 138 cm³/mol. The molecule has 0 unspecified atom stereocenters. The molecule has 2 saturated heterocycles. The lowest BCUT2D eigenvalue weighted by Crippen LogP contribution is -2.48. The fourth-order valence-corrected chi connectivity index (χ4v) is 7.22. The Labute approximate surface area is 212 Å². The van der Waals surface area contributed by atoms with Crippen LogP contribution in [0, 0.1) is 12.8 Å². The predicted octanol–water partition coefficient (Wildman–Crippen LogP) is 3.60. The first kappa shape index (κ1) is 24.7. The molecular weight excluding hydrogens is 462 g/mol. The van der Waals surface area contributed by atoms with Gasteiger partial charge in [0, 0.05) is 50.7 Å². The maximum Gasteiger partial charge on any atom is 0.261 e. The number of rotatable bonds is 5. The topological polar surface area (TPSA) is 79.7 Å². The van der Waals surface area contributed by atoms with Crippen LogP contribution in [0.3, 0.4) is 0 Å². The SMILES string of the molecule is Cc1nn(C2CCOCC2)c2sc(C(=O)N[C@H]3CC[C@@H](N4CCC(C(=O)N(C)C)CC4)CC3)cc12. The summed E-state index contributed by atoms with van der Waals surface area (Å²) >= 11 is 1.57. The lowest BCUT2D eigenvalue weighted by molar-refractivity contribution is -0.134. The van der Waals surface area contributed by atoms with Gasteiger partial charge in [0.2, 0.25) is 5.91 Å². The molecule has 0 spiro atoms. The zero-order valence-electron chi connectivity index (χ0n) is 21.3. The maximum absolute atomic E-state index is 13.1. The van der Waals surface area contributed by atoms with Crippen LogP contribution in [0.2, 0.25) is 0 Å². The Morgan fingerprint density at radius 2 is 1.71 bits per heavy atom. The number of piperidine rings is 1. The van der Waals surface area contributed by atoms with Gasteiger partial charge >= 0.3 is 0 Å². The van der Waals surface area contributed by atoms with E-state index in [9.17, 15) is 9.59 Å². The van der Waals surface area contributed by atoms with E-state index in [-0.39, 0.29) is 23.8 Å². The Kier molecular flexibility index (Phi) is 7.46. The fourth-order valence-electron chi connectivity index (χ4n) is 6.08. The molecular formula is C26H39N5O3S. The smallest absolute Gasteiger partial charge is 0.261 e. The second kappa shape index (κ2) is 10.6. The highest BCUT2D eigenvalue weighted by Crippen LogP contribution is 2.34. The number of aromatic nitrogens is 2. The largest absolute Gasteiger partial charge is 0.381 e. The number of likely N-dealkylation sites (tertiary alicyclic amines) is 1. The number of hydrogen-bond donors (Lipinski definition) is 1. The second-order valence-corrected chi connectivity index (χ2v) is 11.8. The van der Waals surface area contributed by atoms with Crippen LogP contribution in [0.5, 0.6) is 0 Å². The lowest BCUT2D eigenvalue weighted by atomic mass is 9.87. The van der Waals surface area contributed by atoms with Crippen molar-refractivity contribution < 1.29 is 14.3 Å². The number of carbonyl (C=O) groups excluding carboxylic acids is 2. The number of thiophene rings is 1. The van der Waals surface area contributed by atoms with E-state index in [0.717, 1.165) is 98.5 Å². The zero-order valence-corrected chi connectivity index (χ0v) is 22.1. The van der Waals surface area contributed by atoms with Crippen molar-refractivity contribution in [3.8, 4) is 0 Å². The minimum absolute atomic E-state index is 0.0515. The van der Waals surface area contributed by atoms with Crippen molar-refractivity contribution in [2.75, 3.05) is 40.4 Å². The van der Waals surface area contributed by atoms with Crippen LogP contribution in [0.1, 0.15) is 72.8 Å². The third-order valence-corrected chi connectivity index (χ3v) is 9.32. The van der Waals surface area contributed by atoms with Gasteiger partial charge in [-0.05, 0) is 77.4 Å². The Hall–Kier alpha value is -1.97. The van der Waals surface area contributed by atoms with Gasteiger partial charge in [-0.1, -0.05) is 0 Å². The molecule has 0 bridgehead atoms. The van der Waals surface area contributed by atoms with Gasteiger partial charge in [-0.15, -0.1) is 11.3 Å². The van der Waals surface area contributed by atoms with Crippen LogP contribution in [0.4, 0.5) is 0 Å². The van der Waals surface area contributed by atoms with Crippen molar-refractivity contribution in [2.24, 2.45) is 5.92 Å². The van der Waals surface area contributed by atoms with Crippen molar-refractivity contribution in [2.45, 2.75) is 76.4 Å². The summed E-state index contributed by atoms with van der Waals surface area (Å²) in [4.78, 5) is 31.6. The number of ether oxygens (including phenoxy) is 1. The number of aryl methyl sites for hydroxylation is 1. The lowest BCUT2D eigenvalue weighted by Gasteiger charge is -2.41. The van der Waals surface area contributed by atoms with Gasteiger partial charge in [-0.2, -0.15) is 5.10 Å². The van der Waals surface area contributed by atoms with Crippen molar-refractivity contribution >= 4 is 33.4 Å². The Morgan fingerprint density at radius 1 is 1.03 bits per heavy atom. The molecule has 9 heteroatoms. The van der Waals surface area contributed by atoms with Crippen LogP contribution >= 0.6 is 11.3 Å². The minimum Gasteiger partial charge on any atom is -0.381 e. The maximum atomic E-state index is 13.1. The molecule has 1 saturated carbocycles. The third-order valence-electron chi connectivity index (χ3n) is 8.20. The first-order valence-electron chi connectivity index (χ1n) is 13.2. The summed E-state index contributed by atoms with van der Waals surface area (Å²) in [5.41, 5.74) is 0.998. The van der Waals surface area contributed by atoms with Crippen molar-refractivity contribution in [3.05, 3.63) is 16.6 Å². The molecule has 8 nitrogen and oxygen atoms in total. The summed E-state index contributed by atoms with van der Waals surface area (Å²) in [6, 6.07) is 3.20. The molecule has 1 aliphatic carbocycles. The normalized spacial score (nSPS) is 25.1. The molecule has 0 aromatic carbocycles. The highest BCUT2D eigenvalue weighted by atomic mass is 32.1. The first-order valence-corrected chi connectivity index (χ1v) is 14.0. The molecule has 35 heavy (non-hydrogen) atoms. The number of amides is 2. The van der Waals surface area contributed by atoms with Crippen LogP contribution < -0.4 is 5.32 Å². The number of fused-ring (bicyclic) bond motifs is 1. The van der Waals surface area contributed by atoms with Crippen molar-refractivity contribution in [1.82, 2.24) is 24.9 Å². The van der Waals surface area contributed by atoms with Crippen LogP contribution in [0.25, 0.3) is 10.2 Å². The summed E-state index contributed by atoms with van der Waals surface area (Å²) in [5.74, 6) is 0.504. The fraction of sp³-hybridized carbons (Fsp3) is 0.731. The van der Waals surface area contributed by atoms with Gasteiger partial charge in [-0.25, -0.2) is 0 Å². The molecule has 2 amide bonds. The van der Waals surface area contributed by atoms with Gasteiger partial charge in [0.15, 0.2) is 0 Å². The van der Waals surface area contributed by atoms with Crippen molar-refractivity contribution in [3.63, 3.8) is 0 Å². The van der Waals surface area contributed by atoms with Gasteiger partial charge in [0.1, 0.15) is 4.83 Å². The molecule has 4 heterocycles. The second-order valence-electron chi connectivity index (χ2n) is 10.7. The minimum atomic E-state index is 0.0515. The average Bonchev–Trinajstić information content (AvgIpc) is 3.45. The molecule has 1 N–H and O–H groups in total. The number of hydrogen-bond acceptors (Lipinski definition) is 6. The summed E-state index contributed by atoms with van der Waals surface area (Å²) in [5, 5.41) is 9.20. The highest BCUT2D eigenvalue weighted by Gasteiger charge is 2.32. The quantitative estimate of drug-likeness (QED) is 0.677. The summed E-state index contributed by atoms with van der Waals surface area (Å²) in [6.45, 7) is 5.61. The number of nitrogens with one attached hydrogen (secondary N) is 1. The van der Waals surface area contributed by atoms with Gasteiger partial charge in [-0.3, -0.25) is 14.3 Å². The Balaban J connectivity index is 1.14. The standard InChI is InChI=1S/C26H39N5O3S/c1-17-22-16-23(35-26(22)31(28-17)21-10-14-34-15-11-21)24(32)27-19-4-6-20(7-5-19)30-12-8-18(9-13-30)25(33)29(2)3/h16,18-21H,4-15H2,1-3H3,(H,27,32)/t19-,20+. The molecule has 5 rings (SSSR count). The molecule has 3 fully saturated rings. The molecule has 3 aliphatic rings. The highest BCUT2D eigenvalue weighted by molar-refractivity contribution is 7.20. The average molecular weight is 502 g/mol. The number of carbonyl (C=O) groups is 2. The number of nitrogens with zero attached hydrogens (tertiary/aromatic N) is 4. The van der Waals surface area contributed by atoms with Gasteiger partial charge in [0.05, 0.1) is 16.6 Å². The summed E-state index contributed by atoms with van der Waals surface area (Å²) in [7, 11) is 3.70. The monoisotopic (exact) mass is 501 g/mol. The van der Waals surface area contributed by atoms with E-state index in [1.54, 1.807) is 16.2 Å². The molecule has 0 atom stereocenters. The van der Waals surface area contributed by atoms with E-state index in [1.807, 2.05) is 27.1 Å². The zero-order chi connectivity index (χ0) is 24.5. The van der Waals surface area contributed by atoms with Crippen molar-refractivity contribution in [1.29, 1.82) is 0 Å². The molecule has 2 aromatic rings.